The first-order valence-electron chi connectivity index (χ1n) is 5.27. The van der Waals surface area contributed by atoms with Crippen LogP contribution in [0.25, 0.3) is 0 Å². The maximum atomic E-state index is 10.5. The second-order valence-electron chi connectivity index (χ2n) is 4.66. The summed E-state index contributed by atoms with van der Waals surface area (Å²) in [6, 6.07) is 2.02. The summed E-state index contributed by atoms with van der Waals surface area (Å²) in [4.78, 5) is 4.10. The lowest BCUT2D eigenvalue weighted by Crippen LogP contribution is -2.24. The molecule has 1 aliphatic rings. The average Bonchev–Trinajstić information content (AvgIpc) is 2.44. The Morgan fingerprint density at radius 2 is 2.36 bits per heavy atom. The summed E-state index contributed by atoms with van der Waals surface area (Å²) < 4.78 is 0. The van der Waals surface area contributed by atoms with E-state index in [1.54, 1.807) is 6.20 Å². The molecule has 0 amide bonds. The van der Waals surface area contributed by atoms with Crippen molar-refractivity contribution in [2.24, 2.45) is 5.92 Å². The molecule has 1 heterocycles. The smallest absolute Gasteiger partial charge is 0.0919 e. The molecular formula is C12H17NO. The van der Waals surface area contributed by atoms with Crippen molar-refractivity contribution >= 4 is 0 Å². The average molecular weight is 191 g/mol. The van der Waals surface area contributed by atoms with E-state index < -0.39 is 5.60 Å². The number of rotatable bonds is 2. The Hall–Kier alpha value is -0.890. The van der Waals surface area contributed by atoms with Gasteiger partial charge >= 0.3 is 0 Å². The predicted octanol–water partition coefficient (Wildman–Crippen LogP) is 2.26. The number of aromatic nitrogens is 1. The number of hydrogen-bond acceptors (Lipinski definition) is 2. The van der Waals surface area contributed by atoms with Crippen molar-refractivity contribution in [1.29, 1.82) is 0 Å². The van der Waals surface area contributed by atoms with Crippen molar-refractivity contribution in [3.05, 3.63) is 29.6 Å². The Morgan fingerprint density at radius 1 is 1.57 bits per heavy atom. The fourth-order valence-electron chi connectivity index (χ4n) is 2.42. The van der Waals surface area contributed by atoms with E-state index in [0.29, 0.717) is 5.92 Å². The first kappa shape index (κ1) is 9.66. The zero-order chi connectivity index (χ0) is 10.2. The van der Waals surface area contributed by atoms with Gasteiger partial charge in [-0.2, -0.15) is 0 Å². The lowest BCUT2D eigenvalue weighted by atomic mass is 9.88. The van der Waals surface area contributed by atoms with Crippen molar-refractivity contribution in [3.63, 3.8) is 0 Å². The maximum Gasteiger partial charge on any atom is 0.0919 e. The molecule has 0 bridgehead atoms. The second kappa shape index (κ2) is 3.35. The Bertz CT molecular complexity index is 335. The van der Waals surface area contributed by atoms with Gasteiger partial charge in [0.2, 0.25) is 0 Å². The third-order valence-corrected chi connectivity index (χ3v) is 2.97. The highest BCUT2D eigenvalue weighted by atomic mass is 16.3. The van der Waals surface area contributed by atoms with Crippen LogP contribution in [0.5, 0.6) is 0 Å². The van der Waals surface area contributed by atoms with Gasteiger partial charge in [-0.1, -0.05) is 13.8 Å². The van der Waals surface area contributed by atoms with Gasteiger partial charge in [0.25, 0.3) is 0 Å². The van der Waals surface area contributed by atoms with Gasteiger partial charge in [0, 0.05) is 18.0 Å². The van der Waals surface area contributed by atoms with Crippen molar-refractivity contribution in [3.8, 4) is 0 Å². The summed E-state index contributed by atoms with van der Waals surface area (Å²) in [5, 5.41) is 10.5. The summed E-state index contributed by atoms with van der Waals surface area (Å²) in [5.74, 6) is 0.520. The van der Waals surface area contributed by atoms with Gasteiger partial charge in [-0.15, -0.1) is 0 Å². The monoisotopic (exact) mass is 191 g/mol. The van der Waals surface area contributed by atoms with Crippen molar-refractivity contribution < 1.29 is 5.11 Å². The largest absolute Gasteiger partial charge is 0.385 e. The number of pyridine rings is 1. The SMILES string of the molecule is CC(C)CC1(O)CCc2ccncc21. The highest BCUT2D eigenvalue weighted by Gasteiger charge is 2.36. The highest BCUT2D eigenvalue weighted by molar-refractivity contribution is 5.34. The zero-order valence-corrected chi connectivity index (χ0v) is 8.83. The topological polar surface area (TPSA) is 33.1 Å². The van der Waals surface area contributed by atoms with E-state index in [1.807, 2.05) is 12.3 Å². The molecule has 1 aromatic rings. The van der Waals surface area contributed by atoms with E-state index in [2.05, 4.69) is 18.8 Å². The van der Waals surface area contributed by atoms with Gasteiger partial charge in [-0.25, -0.2) is 0 Å². The second-order valence-corrected chi connectivity index (χ2v) is 4.66. The minimum Gasteiger partial charge on any atom is -0.385 e. The van der Waals surface area contributed by atoms with Crippen LogP contribution >= 0.6 is 0 Å². The van der Waals surface area contributed by atoms with Gasteiger partial charge in [-0.3, -0.25) is 4.98 Å². The molecule has 1 aromatic heterocycles. The molecule has 1 atom stereocenters. The molecule has 0 fully saturated rings. The van der Waals surface area contributed by atoms with Crippen molar-refractivity contribution in [1.82, 2.24) is 4.98 Å². The summed E-state index contributed by atoms with van der Waals surface area (Å²) in [5.41, 5.74) is 1.70. The van der Waals surface area contributed by atoms with Crippen LogP contribution in [-0.4, -0.2) is 10.1 Å². The Kier molecular flexibility index (Phi) is 2.31. The number of aryl methyl sites for hydroxylation is 1. The van der Waals surface area contributed by atoms with Gasteiger partial charge in [-0.05, 0) is 36.8 Å². The molecule has 0 saturated heterocycles. The molecule has 1 unspecified atom stereocenters. The number of fused-ring (bicyclic) bond motifs is 1. The van der Waals surface area contributed by atoms with Crippen LogP contribution in [0.3, 0.4) is 0 Å². The van der Waals surface area contributed by atoms with Crippen LogP contribution in [-0.2, 0) is 12.0 Å². The van der Waals surface area contributed by atoms with E-state index in [4.69, 9.17) is 0 Å². The van der Waals surface area contributed by atoms with E-state index in [1.165, 1.54) is 5.56 Å². The number of nitrogens with zero attached hydrogens (tertiary/aromatic N) is 1. The molecule has 2 heteroatoms. The normalized spacial score (nSPS) is 25.4. The van der Waals surface area contributed by atoms with E-state index in [-0.39, 0.29) is 0 Å². The van der Waals surface area contributed by atoms with Crippen LogP contribution in [0.4, 0.5) is 0 Å². The minimum atomic E-state index is -0.613. The van der Waals surface area contributed by atoms with Crippen LogP contribution in [0, 0.1) is 5.92 Å². The molecule has 76 valence electrons. The Morgan fingerprint density at radius 3 is 3.07 bits per heavy atom. The third kappa shape index (κ3) is 1.55. The summed E-state index contributed by atoms with van der Waals surface area (Å²) in [7, 11) is 0. The lowest BCUT2D eigenvalue weighted by molar-refractivity contribution is 0.0170. The van der Waals surface area contributed by atoms with Gasteiger partial charge in [0.15, 0.2) is 0 Å². The van der Waals surface area contributed by atoms with Crippen LogP contribution in [0.15, 0.2) is 18.5 Å². The fourth-order valence-corrected chi connectivity index (χ4v) is 2.42. The molecule has 0 aliphatic heterocycles. The molecular weight excluding hydrogens is 174 g/mol. The predicted molar refractivity (Wildman–Crippen MR) is 55.9 cm³/mol. The standard InChI is InChI=1S/C12H17NO/c1-9(2)7-12(14)5-3-10-4-6-13-8-11(10)12/h4,6,8-9,14H,3,5,7H2,1-2H3. The lowest BCUT2D eigenvalue weighted by Gasteiger charge is -2.25. The molecule has 2 rings (SSSR count). The van der Waals surface area contributed by atoms with Crippen LogP contribution < -0.4 is 0 Å². The first-order valence-corrected chi connectivity index (χ1v) is 5.27. The van der Waals surface area contributed by atoms with Crippen LogP contribution in [0.1, 0.15) is 37.8 Å². The van der Waals surface area contributed by atoms with Gasteiger partial charge in [0.05, 0.1) is 5.60 Å². The number of hydrogen-bond donors (Lipinski definition) is 1. The quantitative estimate of drug-likeness (QED) is 0.777. The number of aliphatic hydroxyl groups is 1. The van der Waals surface area contributed by atoms with Crippen LogP contribution in [0.2, 0.25) is 0 Å². The van der Waals surface area contributed by atoms with Gasteiger partial charge in [0.1, 0.15) is 0 Å². The molecule has 0 radical (unpaired) electrons. The highest BCUT2D eigenvalue weighted by Crippen LogP contribution is 2.40. The third-order valence-electron chi connectivity index (χ3n) is 2.97. The van der Waals surface area contributed by atoms with E-state index in [0.717, 1.165) is 24.8 Å². The molecule has 2 nitrogen and oxygen atoms in total. The molecule has 1 aliphatic carbocycles. The van der Waals surface area contributed by atoms with Crippen molar-refractivity contribution in [2.75, 3.05) is 0 Å². The molecule has 0 aromatic carbocycles. The van der Waals surface area contributed by atoms with Gasteiger partial charge < -0.3 is 5.11 Å². The summed E-state index contributed by atoms with van der Waals surface area (Å²) in [6.45, 7) is 4.29. The van der Waals surface area contributed by atoms with E-state index >= 15 is 0 Å². The Labute approximate surface area is 85.0 Å². The van der Waals surface area contributed by atoms with Crippen molar-refractivity contribution in [2.45, 2.75) is 38.7 Å². The Balaban J connectivity index is 2.32. The molecule has 0 spiro atoms. The summed E-state index contributed by atoms with van der Waals surface area (Å²) in [6.07, 6.45) is 6.31. The molecule has 1 N–H and O–H groups in total. The zero-order valence-electron chi connectivity index (χ0n) is 8.83. The first-order chi connectivity index (χ1) is 6.62. The van der Waals surface area contributed by atoms with E-state index in [9.17, 15) is 5.11 Å². The maximum absolute atomic E-state index is 10.5. The molecule has 14 heavy (non-hydrogen) atoms. The fraction of sp³-hybridized carbons (Fsp3) is 0.583. The summed E-state index contributed by atoms with van der Waals surface area (Å²) >= 11 is 0. The minimum absolute atomic E-state index is 0.520. The molecule has 0 saturated carbocycles.